The fourth-order valence-electron chi connectivity index (χ4n) is 5.92. The van der Waals surface area contributed by atoms with Crippen LogP contribution in [0.3, 0.4) is 0 Å². The molecule has 2 aliphatic rings. The number of nitrogens with zero attached hydrogens (tertiary/aromatic N) is 2. The molecule has 37 heavy (non-hydrogen) atoms. The Morgan fingerprint density at radius 2 is 1.92 bits per heavy atom. The minimum absolute atomic E-state index is 0.0126. The predicted molar refractivity (Wildman–Crippen MR) is 152 cm³/mol. The molecule has 3 aromatic rings. The number of carbonyl (C=O) groups excluding carboxylic acids is 1. The standard InChI is InChI=1S/C31H41N3O2S/c1-31(2,3)25-9-10-26-23(18-25)17-24-19-28(37-30(24)33-26)29(36)32-27(22-7-5-4-6-8-22)13-16-34-14-11-21(20-35)12-15-34/h4-8,17,19,21,25,27,35H,9-16,18,20H2,1-3H3,(H,32,36)/t25-,27+/m0/s1. The van der Waals surface area contributed by atoms with E-state index in [1.54, 1.807) is 0 Å². The van der Waals surface area contributed by atoms with Crippen LogP contribution in [0.25, 0.3) is 10.2 Å². The first-order valence-electron chi connectivity index (χ1n) is 13.9. The maximum absolute atomic E-state index is 13.5. The third-order valence-electron chi connectivity index (χ3n) is 8.53. The van der Waals surface area contributed by atoms with Crippen molar-refractivity contribution in [2.24, 2.45) is 17.3 Å². The Balaban J connectivity index is 1.30. The van der Waals surface area contributed by atoms with Gasteiger partial charge in [0.15, 0.2) is 0 Å². The Kier molecular flexibility index (Phi) is 7.99. The van der Waals surface area contributed by atoms with Gasteiger partial charge in [-0.1, -0.05) is 51.1 Å². The Bertz CT molecular complexity index is 1210. The highest BCUT2D eigenvalue weighted by Gasteiger charge is 2.30. The molecule has 1 aliphatic carbocycles. The minimum Gasteiger partial charge on any atom is -0.396 e. The van der Waals surface area contributed by atoms with Crippen molar-refractivity contribution in [3.8, 4) is 0 Å². The predicted octanol–water partition coefficient (Wildman–Crippen LogP) is 6.01. The van der Waals surface area contributed by atoms with E-state index in [9.17, 15) is 9.90 Å². The summed E-state index contributed by atoms with van der Waals surface area (Å²) in [5.74, 6) is 1.09. The molecule has 1 amide bonds. The zero-order valence-electron chi connectivity index (χ0n) is 22.5. The molecule has 5 rings (SSSR count). The Morgan fingerprint density at radius 1 is 1.16 bits per heavy atom. The van der Waals surface area contributed by atoms with Gasteiger partial charge in [0.05, 0.1) is 10.9 Å². The number of aromatic nitrogens is 1. The van der Waals surface area contributed by atoms with Gasteiger partial charge >= 0.3 is 0 Å². The first-order chi connectivity index (χ1) is 17.8. The number of likely N-dealkylation sites (tertiary alicyclic amines) is 1. The number of pyridine rings is 1. The van der Waals surface area contributed by atoms with Crippen molar-refractivity contribution in [2.75, 3.05) is 26.2 Å². The van der Waals surface area contributed by atoms with Gasteiger partial charge < -0.3 is 15.3 Å². The largest absolute Gasteiger partial charge is 0.396 e. The summed E-state index contributed by atoms with van der Waals surface area (Å²) >= 11 is 1.51. The van der Waals surface area contributed by atoms with E-state index in [4.69, 9.17) is 4.98 Å². The highest BCUT2D eigenvalue weighted by molar-refractivity contribution is 7.20. The summed E-state index contributed by atoms with van der Waals surface area (Å²) in [4.78, 5) is 22.6. The van der Waals surface area contributed by atoms with Gasteiger partial charge in [-0.2, -0.15) is 0 Å². The van der Waals surface area contributed by atoms with E-state index in [1.165, 1.54) is 29.0 Å². The number of aliphatic hydroxyl groups is 1. The molecule has 1 fully saturated rings. The number of carbonyl (C=O) groups is 1. The smallest absolute Gasteiger partial charge is 0.261 e. The average Bonchev–Trinajstić information content (AvgIpc) is 3.32. The van der Waals surface area contributed by atoms with E-state index in [2.05, 4.69) is 49.2 Å². The molecule has 198 valence electrons. The molecule has 0 bridgehead atoms. The zero-order chi connectivity index (χ0) is 26.0. The normalized spacial score (nSPS) is 20.1. The van der Waals surface area contributed by atoms with Gasteiger partial charge in [0.1, 0.15) is 4.83 Å². The molecule has 0 spiro atoms. The fraction of sp³-hybridized carbons (Fsp3) is 0.548. The summed E-state index contributed by atoms with van der Waals surface area (Å²) in [6, 6.07) is 14.6. The van der Waals surface area contributed by atoms with Crippen LogP contribution in [-0.2, 0) is 12.8 Å². The summed E-state index contributed by atoms with van der Waals surface area (Å²) < 4.78 is 0. The molecule has 0 saturated carbocycles. The van der Waals surface area contributed by atoms with Gasteiger partial charge in [-0.3, -0.25) is 4.79 Å². The lowest BCUT2D eigenvalue weighted by atomic mass is 9.71. The van der Waals surface area contributed by atoms with Gasteiger partial charge in [0.2, 0.25) is 0 Å². The second-order valence-electron chi connectivity index (χ2n) is 12.1. The second-order valence-corrected chi connectivity index (χ2v) is 13.1. The van der Waals surface area contributed by atoms with Crippen molar-refractivity contribution in [3.63, 3.8) is 0 Å². The van der Waals surface area contributed by atoms with Crippen LogP contribution in [0, 0.1) is 17.3 Å². The number of fused-ring (bicyclic) bond motifs is 2. The SMILES string of the molecule is CC(C)(C)[C@H]1CCc2nc3sc(C(=O)N[C@H](CCN4CCC(CO)CC4)c4ccccc4)cc3cc2C1. The van der Waals surface area contributed by atoms with E-state index in [-0.39, 0.29) is 11.9 Å². The van der Waals surface area contributed by atoms with Crippen LogP contribution in [0.4, 0.5) is 0 Å². The van der Waals surface area contributed by atoms with Crippen LogP contribution in [0.15, 0.2) is 42.5 Å². The molecule has 1 saturated heterocycles. The molecule has 3 heterocycles. The molecule has 0 unspecified atom stereocenters. The molecule has 1 aliphatic heterocycles. The van der Waals surface area contributed by atoms with Gasteiger partial charge in [-0.15, -0.1) is 11.3 Å². The van der Waals surface area contributed by atoms with E-state index in [1.807, 2.05) is 24.3 Å². The van der Waals surface area contributed by atoms with E-state index >= 15 is 0 Å². The molecule has 0 radical (unpaired) electrons. The number of rotatable bonds is 7. The lowest BCUT2D eigenvalue weighted by Gasteiger charge is -2.34. The number of piperidine rings is 1. The molecule has 6 heteroatoms. The summed E-state index contributed by atoms with van der Waals surface area (Å²) in [6.45, 7) is 10.3. The van der Waals surface area contributed by atoms with Crippen LogP contribution < -0.4 is 5.32 Å². The summed E-state index contributed by atoms with van der Waals surface area (Å²) in [5, 5.41) is 13.9. The maximum atomic E-state index is 13.5. The number of hydrogen-bond donors (Lipinski definition) is 2. The fourth-order valence-corrected chi connectivity index (χ4v) is 6.85. The minimum atomic E-state index is -0.0387. The number of thiophene rings is 1. The van der Waals surface area contributed by atoms with Crippen molar-refractivity contribution < 1.29 is 9.90 Å². The third-order valence-corrected chi connectivity index (χ3v) is 9.57. The second kappa shape index (κ2) is 11.2. The summed E-state index contributed by atoms with van der Waals surface area (Å²) in [6.07, 6.45) is 6.25. The number of aryl methyl sites for hydroxylation is 1. The van der Waals surface area contributed by atoms with Crippen molar-refractivity contribution in [1.82, 2.24) is 15.2 Å². The van der Waals surface area contributed by atoms with Crippen molar-refractivity contribution in [1.29, 1.82) is 0 Å². The van der Waals surface area contributed by atoms with E-state index in [0.29, 0.717) is 23.9 Å². The van der Waals surface area contributed by atoms with Gasteiger partial charge in [-0.25, -0.2) is 4.98 Å². The lowest BCUT2D eigenvalue weighted by Crippen LogP contribution is -2.37. The van der Waals surface area contributed by atoms with E-state index in [0.717, 1.165) is 72.4 Å². The number of benzene rings is 1. The lowest BCUT2D eigenvalue weighted by molar-refractivity contribution is 0.0928. The Hall–Kier alpha value is -2.28. The summed E-state index contributed by atoms with van der Waals surface area (Å²) in [5.41, 5.74) is 4.02. The van der Waals surface area contributed by atoms with Crippen LogP contribution in [0.2, 0.25) is 0 Å². The van der Waals surface area contributed by atoms with Crippen LogP contribution in [0.5, 0.6) is 0 Å². The molecule has 1 aromatic carbocycles. The van der Waals surface area contributed by atoms with Crippen LogP contribution in [-0.4, -0.2) is 47.1 Å². The van der Waals surface area contributed by atoms with Gasteiger partial charge in [-0.05, 0) is 92.1 Å². The molecular weight excluding hydrogens is 478 g/mol. The third kappa shape index (κ3) is 6.24. The van der Waals surface area contributed by atoms with Gasteiger partial charge in [0, 0.05) is 24.2 Å². The Labute approximate surface area is 225 Å². The molecule has 2 aromatic heterocycles. The first-order valence-corrected chi connectivity index (χ1v) is 14.7. The monoisotopic (exact) mass is 519 g/mol. The van der Waals surface area contributed by atoms with Crippen molar-refractivity contribution in [3.05, 3.63) is 64.2 Å². The quantitative estimate of drug-likeness (QED) is 0.401. The Morgan fingerprint density at radius 3 is 2.62 bits per heavy atom. The maximum Gasteiger partial charge on any atom is 0.261 e. The number of hydrogen-bond acceptors (Lipinski definition) is 5. The average molecular weight is 520 g/mol. The number of amides is 1. The van der Waals surface area contributed by atoms with Crippen molar-refractivity contribution >= 4 is 27.5 Å². The molecule has 2 atom stereocenters. The number of aliphatic hydroxyl groups excluding tert-OH is 1. The van der Waals surface area contributed by atoms with E-state index < -0.39 is 0 Å². The van der Waals surface area contributed by atoms with Gasteiger partial charge in [0.25, 0.3) is 5.91 Å². The first kappa shape index (κ1) is 26.3. The van der Waals surface area contributed by atoms with Crippen LogP contribution >= 0.6 is 11.3 Å². The molecular formula is C31H41N3O2S. The molecule has 2 N–H and O–H groups in total. The topological polar surface area (TPSA) is 65.5 Å². The summed E-state index contributed by atoms with van der Waals surface area (Å²) in [7, 11) is 0. The number of nitrogens with one attached hydrogen (secondary N) is 1. The highest BCUT2D eigenvalue weighted by Crippen LogP contribution is 2.38. The van der Waals surface area contributed by atoms with Crippen molar-refractivity contribution in [2.45, 2.75) is 65.3 Å². The zero-order valence-corrected chi connectivity index (χ0v) is 23.3. The highest BCUT2D eigenvalue weighted by atomic mass is 32.1. The molecule has 5 nitrogen and oxygen atoms in total. The van der Waals surface area contributed by atoms with Crippen LogP contribution in [0.1, 0.15) is 79.0 Å².